The van der Waals surface area contributed by atoms with Gasteiger partial charge in [-0.2, -0.15) is 0 Å². The molecule has 2 aromatic rings. The Morgan fingerprint density at radius 2 is 2.14 bits per heavy atom. The topological polar surface area (TPSA) is 65.1 Å². The number of amides is 1. The van der Waals surface area contributed by atoms with Crippen LogP contribution < -0.4 is 5.32 Å². The van der Waals surface area contributed by atoms with E-state index >= 15 is 0 Å². The molecule has 1 aromatic carbocycles. The highest BCUT2D eigenvalue weighted by Gasteiger charge is 2.12. The maximum atomic E-state index is 13.7. The first-order valence-electron chi connectivity index (χ1n) is 5.76. The number of rotatable bonds is 2. The van der Waals surface area contributed by atoms with Crippen molar-refractivity contribution in [2.45, 2.75) is 0 Å². The van der Waals surface area contributed by atoms with Crippen molar-refractivity contribution in [1.29, 1.82) is 0 Å². The smallest absolute Gasteiger partial charge is 0.272 e. The Bertz CT molecular complexity index is 728. The van der Waals surface area contributed by atoms with E-state index in [1.807, 2.05) is 0 Å². The molecular weight excluding hydrogens is 318 g/mol. The SMILES string of the molecule is O=C(Nc1ccc(C#CCO)c(F)c1)c1cc(Cl)c(Cl)[nH]1. The van der Waals surface area contributed by atoms with Crippen LogP contribution >= 0.6 is 23.2 Å². The van der Waals surface area contributed by atoms with Gasteiger partial charge in [-0.05, 0) is 24.3 Å². The molecule has 0 aliphatic rings. The summed E-state index contributed by atoms with van der Waals surface area (Å²) in [5, 5.41) is 11.4. The largest absolute Gasteiger partial charge is 0.384 e. The molecule has 108 valence electrons. The minimum Gasteiger partial charge on any atom is -0.384 e. The molecule has 0 bridgehead atoms. The molecule has 2 rings (SSSR count). The normalized spacial score (nSPS) is 9.90. The highest BCUT2D eigenvalue weighted by atomic mass is 35.5. The van der Waals surface area contributed by atoms with E-state index in [1.165, 1.54) is 18.2 Å². The van der Waals surface area contributed by atoms with E-state index in [0.717, 1.165) is 6.07 Å². The molecule has 0 aliphatic carbocycles. The predicted octanol–water partition coefficient (Wildman–Crippen LogP) is 3.06. The van der Waals surface area contributed by atoms with Gasteiger partial charge in [-0.25, -0.2) is 4.39 Å². The fourth-order valence-corrected chi connectivity index (χ4v) is 1.87. The van der Waals surface area contributed by atoms with Gasteiger partial charge in [0.2, 0.25) is 0 Å². The van der Waals surface area contributed by atoms with Crippen LogP contribution in [0, 0.1) is 17.7 Å². The first-order chi connectivity index (χ1) is 10.0. The second-order valence-corrected chi connectivity index (χ2v) is 4.74. The Hall–Kier alpha value is -2.00. The van der Waals surface area contributed by atoms with Crippen molar-refractivity contribution in [1.82, 2.24) is 4.98 Å². The summed E-state index contributed by atoms with van der Waals surface area (Å²) in [6.45, 7) is -0.355. The molecule has 1 heterocycles. The quantitative estimate of drug-likeness (QED) is 0.742. The number of aromatic nitrogens is 1. The molecule has 0 saturated carbocycles. The lowest BCUT2D eigenvalue weighted by Crippen LogP contribution is -2.12. The van der Waals surface area contributed by atoms with Gasteiger partial charge in [0.25, 0.3) is 5.91 Å². The van der Waals surface area contributed by atoms with E-state index in [1.54, 1.807) is 0 Å². The minimum atomic E-state index is -0.601. The Balaban J connectivity index is 2.16. The number of anilines is 1. The molecule has 0 unspecified atom stereocenters. The predicted molar refractivity (Wildman–Crippen MR) is 79.1 cm³/mol. The van der Waals surface area contributed by atoms with Crippen molar-refractivity contribution < 1.29 is 14.3 Å². The van der Waals surface area contributed by atoms with E-state index in [0.29, 0.717) is 0 Å². The monoisotopic (exact) mass is 326 g/mol. The molecule has 0 atom stereocenters. The minimum absolute atomic E-state index is 0.132. The lowest BCUT2D eigenvalue weighted by molar-refractivity contribution is 0.102. The van der Waals surface area contributed by atoms with Crippen molar-refractivity contribution in [3.63, 3.8) is 0 Å². The average Bonchev–Trinajstić information content (AvgIpc) is 2.78. The highest BCUT2D eigenvalue weighted by Crippen LogP contribution is 2.22. The Morgan fingerprint density at radius 1 is 1.38 bits per heavy atom. The number of halogens is 3. The van der Waals surface area contributed by atoms with E-state index in [2.05, 4.69) is 22.1 Å². The third-order valence-electron chi connectivity index (χ3n) is 2.50. The molecule has 0 radical (unpaired) electrons. The maximum Gasteiger partial charge on any atom is 0.272 e. The fourth-order valence-electron chi connectivity index (χ4n) is 1.55. The summed E-state index contributed by atoms with van der Waals surface area (Å²) in [6.07, 6.45) is 0. The van der Waals surface area contributed by atoms with E-state index in [-0.39, 0.29) is 33.7 Å². The van der Waals surface area contributed by atoms with Gasteiger partial charge in [0, 0.05) is 5.69 Å². The van der Waals surface area contributed by atoms with Gasteiger partial charge in [0.15, 0.2) is 0 Å². The Labute approximate surface area is 129 Å². The van der Waals surface area contributed by atoms with Gasteiger partial charge < -0.3 is 15.4 Å². The number of hydrogen-bond donors (Lipinski definition) is 3. The molecule has 1 aromatic heterocycles. The number of hydrogen-bond acceptors (Lipinski definition) is 2. The van der Waals surface area contributed by atoms with Crippen LogP contribution in [0.15, 0.2) is 24.3 Å². The van der Waals surface area contributed by atoms with Crippen LogP contribution in [0.5, 0.6) is 0 Å². The Kier molecular flexibility index (Phi) is 4.86. The zero-order chi connectivity index (χ0) is 15.4. The van der Waals surface area contributed by atoms with E-state index in [9.17, 15) is 9.18 Å². The number of H-pyrrole nitrogens is 1. The summed E-state index contributed by atoms with van der Waals surface area (Å²) in [7, 11) is 0. The first-order valence-corrected chi connectivity index (χ1v) is 6.51. The van der Waals surface area contributed by atoms with Crippen molar-refractivity contribution >= 4 is 34.8 Å². The van der Waals surface area contributed by atoms with Gasteiger partial charge in [-0.15, -0.1) is 0 Å². The summed E-state index contributed by atoms with van der Waals surface area (Å²) in [5.74, 6) is 3.70. The van der Waals surface area contributed by atoms with E-state index in [4.69, 9.17) is 28.3 Å². The summed E-state index contributed by atoms with van der Waals surface area (Å²) >= 11 is 11.4. The summed E-state index contributed by atoms with van der Waals surface area (Å²) in [4.78, 5) is 14.5. The molecule has 0 spiro atoms. The van der Waals surface area contributed by atoms with Crippen LogP contribution in [0.25, 0.3) is 0 Å². The second kappa shape index (κ2) is 6.64. The fraction of sp³-hybridized carbons (Fsp3) is 0.0714. The molecular formula is C14H9Cl2FN2O2. The summed E-state index contributed by atoms with van der Waals surface area (Å²) < 4.78 is 13.7. The van der Waals surface area contributed by atoms with Crippen molar-refractivity contribution in [2.24, 2.45) is 0 Å². The van der Waals surface area contributed by atoms with Gasteiger partial charge in [0.1, 0.15) is 23.3 Å². The molecule has 0 fully saturated rings. The lowest BCUT2D eigenvalue weighted by Gasteiger charge is -2.04. The second-order valence-electron chi connectivity index (χ2n) is 3.95. The first kappa shape index (κ1) is 15.4. The summed E-state index contributed by atoms with van der Waals surface area (Å²) in [6, 6.07) is 5.40. The molecule has 3 N–H and O–H groups in total. The number of nitrogens with one attached hydrogen (secondary N) is 2. The molecule has 0 saturated heterocycles. The average molecular weight is 327 g/mol. The summed E-state index contributed by atoms with van der Waals surface area (Å²) in [5.41, 5.74) is 0.552. The van der Waals surface area contributed by atoms with Crippen LogP contribution in [0.1, 0.15) is 16.1 Å². The van der Waals surface area contributed by atoms with Gasteiger partial charge in [-0.3, -0.25) is 4.79 Å². The van der Waals surface area contributed by atoms with E-state index < -0.39 is 11.7 Å². The molecule has 4 nitrogen and oxygen atoms in total. The number of carbonyl (C=O) groups is 1. The lowest BCUT2D eigenvalue weighted by atomic mass is 10.2. The number of aliphatic hydroxyl groups is 1. The van der Waals surface area contributed by atoms with Crippen LogP contribution in [0.3, 0.4) is 0 Å². The third-order valence-corrected chi connectivity index (χ3v) is 3.19. The highest BCUT2D eigenvalue weighted by molar-refractivity contribution is 6.41. The van der Waals surface area contributed by atoms with Crippen molar-refractivity contribution in [3.8, 4) is 11.8 Å². The number of benzene rings is 1. The van der Waals surface area contributed by atoms with Crippen molar-refractivity contribution in [2.75, 3.05) is 11.9 Å². The van der Waals surface area contributed by atoms with Crippen LogP contribution in [-0.4, -0.2) is 22.6 Å². The molecule has 7 heteroatoms. The standard InChI is InChI=1S/C14H9Cl2FN2O2/c15-10-7-12(19-13(10)16)14(21)18-9-4-3-8(2-1-5-20)11(17)6-9/h3-4,6-7,19-20H,5H2,(H,18,21). The maximum absolute atomic E-state index is 13.7. The van der Waals surface area contributed by atoms with Gasteiger partial charge in [-0.1, -0.05) is 35.0 Å². The van der Waals surface area contributed by atoms with Gasteiger partial charge >= 0.3 is 0 Å². The molecule has 0 aliphatic heterocycles. The van der Waals surface area contributed by atoms with Crippen LogP contribution in [0.4, 0.5) is 10.1 Å². The zero-order valence-electron chi connectivity index (χ0n) is 10.5. The Morgan fingerprint density at radius 3 is 2.71 bits per heavy atom. The number of carbonyl (C=O) groups excluding carboxylic acids is 1. The van der Waals surface area contributed by atoms with Gasteiger partial charge in [0.05, 0.1) is 10.6 Å². The van der Waals surface area contributed by atoms with Crippen LogP contribution in [0.2, 0.25) is 10.2 Å². The van der Waals surface area contributed by atoms with Crippen LogP contribution in [-0.2, 0) is 0 Å². The molecule has 1 amide bonds. The van der Waals surface area contributed by atoms with Crippen molar-refractivity contribution in [3.05, 3.63) is 51.5 Å². The molecule has 21 heavy (non-hydrogen) atoms. The number of aliphatic hydroxyl groups excluding tert-OH is 1. The third kappa shape index (κ3) is 3.76. The number of aromatic amines is 1. The zero-order valence-corrected chi connectivity index (χ0v) is 12.0.